The van der Waals surface area contributed by atoms with E-state index in [1.54, 1.807) is 12.4 Å². The molecule has 17 heavy (non-hydrogen) atoms. The van der Waals surface area contributed by atoms with Gasteiger partial charge in [-0.05, 0) is 12.8 Å². The summed E-state index contributed by atoms with van der Waals surface area (Å²) in [6.07, 6.45) is 4.94. The maximum absolute atomic E-state index is 11.5. The molecule has 0 bridgehead atoms. The zero-order valence-corrected chi connectivity index (χ0v) is 9.80. The number of anilines is 2. The van der Waals surface area contributed by atoms with Crippen LogP contribution in [-0.4, -0.2) is 36.1 Å². The summed E-state index contributed by atoms with van der Waals surface area (Å²) in [5.41, 5.74) is 5.77. The Morgan fingerprint density at radius 1 is 1.53 bits per heavy atom. The second kappa shape index (κ2) is 4.99. The predicted molar refractivity (Wildman–Crippen MR) is 63.4 cm³/mol. The van der Waals surface area contributed by atoms with E-state index in [2.05, 4.69) is 9.97 Å². The van der Waals surface area contributed by atoms with Gasteiger partial charge in [0, 0.05) is 25.5 Å². The Morgan fingerprint density at radius 2 is 2.29 bits per heavy atom. The van der Waals surface area contributed by atoms with Crippen LogP contribution in [0.1, 0.15) is 12.8 Å². The molecule has 0 aliphatic carbocycles. The van der Waals surface area contributed by atoms with E-state index in [1.807, 2.05) is 4.90 Å². The molecule has 1 aromatic heterocycles. The van der Waals surface area contributed by atoms with E-state index in [1.165, 1.54) is 7.11 Å². The molecule has 92 valence electrons. The molecule has 2 rings (SSSR count). The van der Waals surface area contributed by atoms with Gasteiger partial charge in [0.15, 0.2) is 11.6 Å². The first kappa shape index (κ1) is 11.6. The monoisotopic (exact) mass is 236 g/mol. The number of hydrogen-bond acceptors (Lipinski definition) is 6. The zero-order valence-electron chi connectivity index (χ0n) is 9.80. The minimum atomic E-state index is -0.169. The fourth-order valence-corrected chi connectivity index (χ4v) is 2.11. The molecule has 6 nitrogen and oxygen atoms in total. The molecule has 1 unspecified atom stereocenters. The third-order valence-electron chi connectivity index (χ3n) is 2.96. The van der Waals surface area contributed by atoms with E-state index in [9.17, 15) is 4.79 Å². The van der Waals surface area contributed by atoms with Crippen molar-refractivity contribution in [2.75, 3.05) is 30.8 Å². The molecule has 6 heteroatoms. The number of nitrogens with two attached hydrogens (primary N) is 1. The number of nitrogens with zero attached hydrogens (tertiary/aromatic N) is 3. The van der Waals surface area contributed by atoms with E-state index in [4.69, 9.17) is 10.5 Å². The molecule has 0 amide bonds. The molecule has 0 spiro atoms. The molecular formula is C11H16N4O2. The number of carbonyl (C=O) groups is 1. The molecule has 0 radical (unpaired) electrons. The standard InChI is InChI=1S/C11H16N4O2/c1-17-11(16)8-3-2-6-15(7-8)10-9(12)13-4-5-14-10/h4-5,8H,2-3,6-7H2,1H3,(H2,12,13). The van der Waals surface area contributed by atoms with Crippen LogP contribution in [0.15, 0.2) is 12.4 Å². The van der Waals surface area contributed by atoms with E-state index >= 15 is 0 Å². The van der Waals surface area contributed by atoms with Crippen molar-refractivity contribution < 1.29 is 9.53 Å². The Labute approximate surface area is 99.8 Å². The average molecular weight is 236 g/mol. The van der Waals surface area contributed by atoms with E-state index in [-0.39, 0.29) is 11.9 Å². The van der Waals surface area contributed by atoms with Gasteiger partial charge in [0.05, 0.1) is 13.0 Å². The van der Waals surface area contributed by atoms with Crippen molar-refractivity contribution in [3.8, 4) is 0 Å². The molecule has 2 N–H and O–H groups in total. The summed E-state index contributed by atoms with van der Waals surface area (Å²) in [7, 11) is 1.41. The van der Waals surface area contributed by atoms with Gasteiger partial charge in [-0.25, -0.2) is 9.97 Å². The van der Waals surface area contributed by atoms with Crippen LogP contribution in [0.3, 0.4) is 0 Å². The van der Waals surface area contributed by atoms with Crippen LogP contribution in [0, 0.1) is 5.92 Å². The van der Waals surface area contributed by atoms with Gasteiger partial charge in [0.1, 0.15) is 0 Å². The molecule has 0 saturated carbocycles. The number of rotatable bonds is 2. The minimum absolute atomic E-state index is 0.102. The van der Waals surface area contributed by atoms with Crippen molar-refractivity contribution in [1.29, 1.82) is 0 Å². The smallest absolute Gasteiger partial charge is 0.310 e. The second-order valence-corrected chi connectivity index (χ2v) is 4.07. The summed E-state index contributed by atoms with van der Waals surface area (Å²) in [6, 6.07) is 0. The minimum Gasteiger partial charge on any atom is -0.469 e. The zero-order chi connectivity index (χ0) is 12.3. The number of esters is 1. The van der Waals surface area contributed by atoms with Crippen LogP contribution >= 0.6 is 0 Å². The molecule has 1 aromatic rings. The molecule has 1 saturated heterocycles. The fraction of sp³-hybridized carbons (Fsp3) is 0.545. The first-order valence-corrected chi connectivity index (χ1v) is 5.61. The normalized spacial score (nSPS) is 20.1. The lowest BCUT2D eigenvalue weighted by molar-refractivity contribution is -0.145. The summed E-state index contributed by atoms with van der Waals surface area (Å²) in [6.45, 7) is 1.44. The summed E-state index contributed by atoms with van der Waals surface area (Å²) in [5.74, 6) is 0.784. The van der Waals surface area contributed by atoms with Gasteiger partial charge in [-0.2, -0.15) is 0 Å². The molecule has 1 aliphatic heterocycles. The average Bonchev–Trinajstić information content (AvgIpc) is 2.38. The first-order chi connectivity index (χ1) is 8.22. The quantitative estimate of drug-likeness (QED) is 0.751. The highest BCUT2D eigenvalue weighted by atomic mass is 16.5. The van der Waals surface area contributed by atoms with Gasteiger partial charge in [-0.1, -0.05) is 0 Å². The van der Waals surface area contributed by atoms with E-state index < -0.39 is 0 Å². The summed E-state index contributed by atoms with van der Waals surface area (Å²) in [4.78, 5) is 21.7. The Morgan fingerprint density at radius 3 is 3.00 bits per heavy atom. The number of nitrogen functional groups attached to an aromatic ring is 1. The van der Waals surface area contributed by atoms with Crippen molar-refractivity contribution in [3.63, 3.8) is 0 Å². The highest BCUT2D eigenvalue weighted by molar-refractivity contribution is 5.73. The Bertz CT molecular complexity index is 410. The number of piperidine rings is 1. The second-order valence-electron chi connectivity index (χ2n) is 4.07. The van der Waals surface area contributed by atoms with E-state index in [0.717, 1.165) is 19.4 Å². The number of ether oxygens (including phenoxy) is 1. The highest BCUT2D eigenvalue weighted by Gasteiger charge is 2.28. The Balaban J connectivity index is 2.12. The molecule has 1 fully saturated rings. The van der Waals surface area contributed by atoms with Crippen molar-refractivity contribution in [2.45, 2.75) is 12.8 Å². The van der Waals surface area contributed by atoms with E-state index in [0.29, 0.717) is 18.2 Å². The third kappa shape index (κ3) is 2.46. The van der Waals surface area contributed by atoms with Gasteiger partial charge in [-0.3, -0.25) is 4.79 Å². The van der Waals surface area contributed by atoms with Crippen LogP contribution in [0.2, 0.25) is 0 Å². The number of carbonyl (C=O) groups excluding carboxylic acids is 1. The number of methoxy groups -OCH3 is 1. The Hall–Kier alpha value is -1.85. The maximum atomic E-state index is 11.5. The molecule has 1 atom stereocenters. The third-order valence-corrected chi connectivity index (χ3v) is 2.96. The molecular weight excluding hydrogens is 220 g/mol. The van der Waals surface area contributed by atoms with Crippen LogP contribution in [0.4, 0.5) is 11.6 Å². The SMILES string of the molecule is COC(=O)C1CCCN(c2nccnc2N)C1. The van der Waals surface area contributed by atoms with Gasteiger partial charge >= 0.3 is 5.97 Å². The van der Waals surface area contributed by atoms with Crippen molar-refractivity contribution >= 4 is 17.6 Å². The van der Waals surface area contributed by atoms with Crippen molar-refractivity contribution in [3.05, 3.63) is 12.4 Å². The maximum Gasteiger partial charge on any atom is 0.310 e. The van der Waals surface area contributed by atoms with Gasteiger partial charge in [0.2, 0.25) is 0 Å². The largest absolute Gasteiger partial charge is 0.469 e. The van der Waals surface area contributed by atoms with Crippen molar-refractivity contribution in [2.24, 2.45) is 5.92 Å². The van der Waals surface area contributed by atoms with Gasteiger partial charge in [-0.15, -0.1) is 0 Å². The van der Waals surface area contributed by atoms with Gasteiger partial charge < -0.3 is 15.4 Å². The van der Waals surface area contributed by atoms with Gasteiger partial charge in [0.25, 0.3) is 0 Å². The van der Waals surface area contributed by atoms with Crippen LogP contribution in [-0.2, 0) is 9.53 Å². The number of aromatic nitrogens is 2. The summed E-state index contributed by atoms with van der Waals surface area (Å²) >= 11 is 0. The molecule has 2 heterocycles. The van der Waals surface area contributed by atoms with Crippen LogP contribution in [0.25, 0.3) is 0 Å². The first-order valence-electron chi connectivity index (χ1n) is 5.61. The molecule has 1 aliphatic rings. The fourth-order valence-electron chi connectivity index (χ4n) is 2.11. The highest BCUT2D eigenvalue weighted by Crippen LogP contribution is 2.24. The predicted octanol–water partition coefficient (Wildman–Crippen LogP) is 0.448. The lowest BCUT2D eigenvalue weighted by Gasteiger charge is -2.32. The number of hydrogen-bond donors (Lipinski definition) is 1. The lowest BCUT2D eigenvalue weighted by Crippen LogP contribution is -2.40. The Kier molecular flexibility index (Phi) is 3.41. The topological polar surface area (TPSA) is 81.3 Å². The van der Waals surface area contributed by atoms with Crippen LogP contribution in [0.5, 0.6) is 0 Å². The summed E-state index contributed by atoms with van der Waals surface area (Å²) in [5, 5.41) is 0. The summed E-state index contributed by atoms with van der Waals surface area (Å²) < 4.78 is 4.77. The van der Waals surface area contributed by atoms with Crippen molar-refractivity contribution in [1.82, 2.24) is 9.97 Å². The van der Waals surface area contributed by atoms with Crippen LogP contribution < -0.4 is 10.6 Å². The lowest BCUT2D eigenvalue weighted by atomic mass is 9.98. The molecule has 0 aromatic carbocycles.